The molecule has 0 aromatic rings. The zero-order valence-electron chi connectivity index (χ0n) is 9.08. The standard InChI is InChI=1S/C10H22N2S/c1-11-8-10(9-11)4-6-12(7-5-10)13(2)3/h13H,4-9H2,1-3H3. The number of piperidine rings is 1. The first-order valence-electron chi connectivity index (χ1n) is 5.22. The number of likely N-dealkylation sites (tertiary alicyclic amines) is 1. The summed E-state index contributed by atoms with van der Waals surface area (Å²) in [4.78, 5) is 2.45. The fraction of sp³-hybridized carbons (Fsp3) is 1.00. The van der Waals surface area contributed by atoms with Crippen LogP contribution in [0.25, 0.3) is 0 Å². The van der Waals surface area contributed by atoms with E-state index in [4.69, 9.17) is 0 Å². The molecule has 0 atom stereocenters. The van der Waals surface area contributed by atoms with Crippen LogP contribution in [0.2, 0.25) is 0 Å². The monoisotopic (exact) mass is 202 g/mol. The van der Waals surface area contributed by atoms with E-state index in [-0.39, 0.29) is 11.1 Å². The van der Waals surface area contributed by atoms with Crippen LogP contribution in [0.1, 0.15) is 12.8 Å². The van der Waals surface area contributed by atoms with Crippen molar-refractivity contribution in [1.29, 1.82) is 0 Å². The van der Waals surface area contributed by atoms with Gasteiger partial charge in [0.25, 0.3) is 0 Å². The molecule has 0 unspecified atom stereocenters. The average molecular weight is 202 g/mol. The topological polar surface area (TPSA) is 6.48 Å². The van der Waals surface area contributed by atoms with E-state index >= 15 is 0 Å². The predicted molar refractivity (Wildman–Crippen MR) is 61.6 cm³/mol. The average Bonchev–Trinajstić information content (AvgIpc) is 2.03. The lowest BCUT2D eigenvalue weighted by Gasteiger charge is -2.53. The maximum atomic E-state index is 2.68. The van der Waals surface area contributed by atoms with E-state index in [9.17, 15) is 0 Å². The largest absolute Gasteiger partial charge is 0.305 e. The lowest BCUT2D eigenvalue weighted by Crippen LogP contribution is -2.58. The number of hydrogen-bond acceptors (Lipinski definition) is 2. The summed E-state index contributed by atoms with van der Waals surface area (Å²) in [5.74, 6) is 0. The molecule has 0 aromatic carbocycles. The Labute approximate surface area is 84.8 Å². The normalized spacial score (nSPS) is 30.2. The van der Waals surface area contributed by atoms with Crippen molar-refractivity contribution in [3.8, 4) is 0 Å². The van der Waals surface area contributed by atoms with E-state index in [1.54, 1.807) is 0 Å². The second-order valence-electron chi connectivity index (χ2n) is 4.97. The van der Waals surface area contributed by atoms with E-state index in [0.29, 0.717) is 0 Å². The minimum atomic E-state index is 0.168. The molecule has 2 saturated heterocycles. The maximum absolute atomic E-state index is 2.68. The molecule has 2 rings (SSSR count). The van der Waals surface area contributed by atoms with Gasteiger partial charge in [0, 0.05) is 26.2 Å². The highest BCUT2D eigenvalue weighted by molar-refractivity contribution is 8.13. The second-order valence-corrected chi connectivity index (χ2v) is 7.23. The van der Waals surface area contributed by atoms with Crippen molar-refractivity contribution >= 4 is 11.1 Å². The third kappa shape index (κ3) is 1.88. The van der Waals surface area contributed by atoms with Crippen molar-refractivity contribution in [2.24, 2.45) is 5.41 Å². The Morgan fingerprint density at radius 3 is 2.00 bits per heavy atom. The highest BCUT2D eigenvalue weighted by Crippen LogP contribution is 2.42. The summed E-state index contributed by atoms with van der Waals surface area (Å²) in [5.41, 5.74) is 0.733. The minimum Gasteiger partial charge on any atom is -0.305 e. The molecule has 0 N–H and O–H groups in total. The molecule has 0 aliphatic carbocycles. The molecule has 2 aliphatic heterocycles. The fourth-order valence-electron chi connectivity index (χ4n) is 2.78. The summed E-state index contributed by atoms with van der Waals surface area (Å²) in [6.07, 6.45) is 7.64. The Bertz CT molecular complexity index is 177. The smallest absolute Gasteiger partial charge is 0.00777 e. The van der Waals surface area contributed by atoms with Crippen molar-refractivity contribution in [3.05, 3.63) is 0 Å². The van der Waals surface area contributed by atoms with Gasteiger partial charge in [0.15, 0.2) is 0 Å². The van der Waals surface area contributed by atoms with E-state index in [1.165, 1.54) is 39.0 Å². The van der Waals surface area contributed by atoms with Gasteiger partial charge in [0.05, 0.1) is 0 Å². The Hall–Kier alpha value is 0.270. The predicted octanol–water partition coefficient (Wildman–Crippen LogP) is 1.19. The highest BCUT2D eigenvalue weighted by atomic mass is 32.2. The van der Waals surface area contributed by atoms with Crippen LogP contribution in [0, 0.1) is 5.41 Å². The number of thiol groups is 1. The molecule has 3 heteroatoms. The molecule has 2 aliphatic rings. The molecule has 1 spiro atoms. The molecular formula is C10H22N2S. The van der Waals surface area contributed by atoms with Crippen LogP contribution >= 0.6 is 11.1 Å². The summed E-state index contributed by atoms with van der Waals surface area (Å²) in [5, 5.41) is 0. The highest BCUT2D eigenvalue weighted by Gasteiger charge is 2.42. The van der Waals surface area contributed by atoms with E-state index in [0.717, 1.165) is 5.41 Å². The van der Waals surface area contributed by atoms with E-state index in [1.807, 2.05) is 0 Å². The number of rotatable bonds is 1. The lowest BCUT2D eigenvalue weighted by atomic mass is 9.73. The van der Waals surface area contributed by atoms with Gasteiger partial charge in [-0.3, -0.25) is 4.31 Å². The molecule has 2 fully saturated rings. The van der Waals surface area contributed by atoms with Crippen LogP contribution in [0.5, 0.6) is 0 Å². The molecule has 0 bridgehead atoms. The Morgan fingerprint density at radius 1 is 1.08 bits per heavy atom. The van der Waals surface area contributed by atoms with Crippen molar-refractivity contribution in [3.63, 3.8) is 0 Å². The first-order chi connectivity index (χ1) is 6.11. The number of hydrogen-bond donors (Lipinski definition) is 1. The molecule has 2 nitrogen and oxygen atoms in total. The van der Waals surface area contributed by atoms with Crippen LogP contribution in [0.3, 0.4) is 0 Å². The first kappa shape index (κ1) is 9.81. The van der Waals surface area contributed by atoms with Gasteiger partial charge in [0.2, 0.25) is 0 Å². The molecule has 0 aromatic heterocycles. The van der Waals surface area contributed by atoms with Crippen LogP contribution in [-0.2, 0) is 0 Å². The van der Waals surface area contributed by atoms with Crippen molar-refractivity contribution < 1.29 is 0 Å². The van der Waals surface area contributed by atoms with Crippen LogP contribution in [-0.4, -0.2) is 54.9 Å². The third-order valence-electron chi connectivity index (χ3n) is 3.58. The van der Waals surface area contributed by atoms with Gasteiger partial charge in [-0.05, 0) is 37.8 Å². The summed E-state index contributed by atoms with van der Waals surface area (Å²) in [6.45, 7) is 5.41. The SMILES string of the molecule is CN1CC2(CCN([SH](C)C)CC2)C1. The van der Waals surface area contributed by atoms with E-state index in [2.05, 4.69) is 28.8 Å². The maximum Gasteiger partial charge on any atom is 0.00777 e. The van der Waals surface area contributed by atoms with Crippen LogP contribution in [0.15, 0.2) is 0 Å². The molecule has 0 saturated carbocycles. The fourth-order valence-corrected chi connectivity index (χ4v) is 3.78. The van der Waals surface area contributed by atoms with Gasteiger partial charge >= 0.3 is 0 Å². The first-order valence-corrected chi connectivity index (χ1v) is 7.41. The van der Waals surface area contributed by atoms with Crippen LogP contribution < -0.4 is 0 Å². The molecule has 0 radical (unpaired) electrons. The molecule has 2 heterocycles. The minimum absolute atomic E-state index is 0.168. The Kier molecular flexibility index (Phi) is 2.60. The van der Waals surface area contributed by atoms with Gasteiger partial charge in [0.1, 0.15) is 0 Å². The van der Waals surface area contributed by atoms with Gasteiger partial charge in [-0.1, -0.05) is 0 Å². The second kappa shape index (κ2) is 3.44. The quantitative estimate of drug-likeness (QED) is 0.638. The van der Waals surface area contributed by atoms with E-state index < -0.39 is 0 Å². The molecule has 0 amide bonds. The summed E-state index contributed by atoms with van der Waals surface area (Å²) in [6, 6.07) is 0. The summed E-state index contributed by atoms with van der Waals surface area (Å²) in [7, 11) is 2.24. The molecule has 13 heavy (non-hydrogen) atoms. The van der Waals surface area contributed by atoms with Gasteiger partial charge in [-0.2, -0.15) is 0 Å². The third-order valence-corrected chi connectivity index (χ3v) is 5.11. The van der Waals surface area contributed by atoms with Gasteiger partial charge in [-0.25, -0.2) is 11.1 Å². The Balaban J connectivity index is 1.83. The zero-order chi connectivity index (χ0) is 9.47. The summed E-state index contributed by atoms with van der Waals surface area (Å²) >= 11 is 0.168. The zero-order valence-corrected chi connectivity index (χ0v) is 9.98. The number of nitrogens with zero attached hydrogens (tertiary/aromatic N) is 2. The van der Waals surface area contributed by atoms with Crippen molar-refractivity contribution in [2.45, 2.75) is 12.8 Å². The van der Waals surface area contributed by atoms with Crippen molar-refractivity contribution in [2.75, 3.05) is 45.7 Å². The Morgan fingerprint density at radius 2 is 1.62 bits per heavy atom. The van der Waals surface area contributed by atoms with Crippen molar-refractivity contribution in [1.82, 2.24) is 9.21 Å². The lowest BCUT2D eigenvalue weighted by molar-refractivity contribution is -0.0159. The molecular weight excluding hydrogens is 180 g/mol. The molecule has 78 valence electrons. The summed E-state index contributed by atoms with van der Waals surface area (Å²) < 4.78 is 2.68. The van der Waals surface area contributed by atoms with Gasteiger partial charge in [-0.15, -0.1) is 0 Å². The van der Waals surface area contributed by atoms with Gasteiger partial charge < -0.3 is 4.90 Å². The van der Waals surface area contributed by atoms with Crippen LogP contribution in [0.4, 0.5) is 0 Å².